The lowest BCUT2D eigenvalue weighted by Crippen LogP contribution is -2.42. The minimum atomic E-state index is 0.0807. The molecule has 1 fully saturated rings. The third-order valence-electron chi connectivity index (χ3n) is 4.79. The summed E-state index contributed by atoms with van der Waals surface area (Å²) in [7, 11) is 3.64. The summed E-state index contributed by atoms with van der Waals surface area (Å²) < 4.78 is 7.42. The van der Waals surface area contributed by atoms with Gasteiger partial charge in [-0.05, 0) is 30.9 Å². The number of nitrogens with zero attached hydrogens (tertiary/aromatic N) is 3. The lowest BCUT2D eigenvalue weighted by Gasteiger charge is -2.27. The lowest BCUT2D eigenvalue weighted by atomic mass is 10.0. The van der Waals surface area contributed by atoms with Crippen LogP contribution in [0.4, 0.5) is 0 Å². The van der Waals surface area contributed by atoms with E-state index in [1.54, 1.807) is 11.8 Å². The highest BCUT2D eigenvalue weighted by molar-refractivity contribution is 5.79. The zero-order chi connectivity index (χ0) is 17.1. The van der Waals surface area contributed by atoms with Crippen molar-refractivity contribution in [2.75, 3.05) is 13.7 Å². The maximum absolute atomic E-state index is 12.8. The molecule has 0 radical (unpaired) electrons. The molecule has 2 atom stereocenters. The second kappa shape index (κ2) is 7.18. The number of likely N-dealkylation sites (tertiary alicyclic amines) is 1. The Labute approximate surface area is 143 Å². The van der Waals surface area contributed by atoms with Crippen molar-refractivity contribution in [3.05, 3.63) is 53.3 Å². The number of ether oxygens (including phenoxy) is 1. The van der Waals surface area contributed by atoms with Crippen molar-refractivity contribution in [2.24, 2.45) is 7.05 Å². The quantitative estimate of drug-likeness (QED) is 0.845. The zero-order valence-electron chi connectivity index (χ0n) is 14.6. The minimum absolute atomic E-state index is 0.0807. The van der Waals surface area contributed by atoms with E-state index in [2.05, 4.69) is 24.2 Å². The van der Waals surface area contributed by atoms with Crippen LogP contribution >= 0.6 is 0 Å². The van der Waals surface area contributed by atoms with Crippen LogP contribution in [0.5, 0.6) is 0 Å². The van der Waals surface area contributed by atoms with Crippen LogP contribution in [-0.4, -0.2) is 46.4 Å². The van der Waals surface area contributed by atoms with Crippen LogP contribution < -0.4 is 0 Å². The number of benzene rings is 1. The first kappa shape index (κ1) is 16.7. The summed E-state index contributed by atoms with van der Waals surface area (Å²) in [4.78, 5) is 14.8. The maximum Gasteiger partial charge on any atom is 0.227 e. The van der Waals surface area contributed by atoms with E-state index in [0.29, 0.717) is 6.42 Å². The van der Waals surface area contributed by atoms with E-state index in [9.17, 15) is 4.79 Å². The number of aromatic nitrogens is 2. The Morgan fingerprint density at radius 1 is 1.29 bits per heavy atom. The van der Waals surface area contributed by atoms with Crippen molar-refractivity contribution in [3.63, 3.8) is 0 Å². The second-order valence-electron chi connectivity index (χ2n) is 6.61. The molecule has 5 nitrogen and oxygen atoms in total. The Balaban J connectivity index is 1.71. The summed E-state index contributed by atoms with van der Waals surface area (Å²) in [5, 5.41) is 4.23. The fourth-order valence-corrected chi connectivity index (χ4v) is 3.45. The molecule has 24 heavy (non-hydrogen) atoms. The van der Waals surface area contributed by atoms with Crippen LogP contribution in [0, 0.1) is 6.92 Å². The van der Waals surface area contributed by atoms with E-state index >= 15 is 0 Å². The molecule has 0 N–H and O–H groups in total. The molecule has 0 aliphatic carbocycles. The molecule has 128 valence electrons. The van der Waals surface area contributed by atoms with Gasteiger partial charge in [-0.25, -0.2) is 0 Å². The Morgan fingerprint density at radius 3 is 2.67 bits per heavy atom. The summed E-state index contributed by atoms with van der Waals surface area (Å²) in [5.74, 6) is 0.173. The van der Waals surface area contributed by atoms with Gasteiger partial charge in [0.2, 0.25) is 5.91 Å². The number of rotatable bonds is 5. The van der Waals surface area contributed by atoms with Gasteiger partial charge >= 0.3 is 0 Å². The Morgan fingerprint density at radius 2 is 2.04 bits per heavy atom. The average Bonchev–Trinajstić information content (AvgIpc) is 3.16. The summed E-state index contributed by atoms with van der Waals surface area (Å²) in [6.07, 6.45) is 6.08. The van der Waals surface area contributed by atoms with Crippen molar-refractivity contribution < 1.29 is 9.53 Å². The first-order chi connectivity index (χ1) is 11.6. The van der Waals surface area contributed by atoms with E-state index in [4.69, 9.17) is 4.74 Å². The normalized spacial score (nSPS) is 20.5. The number of hydrogen-bond donors (Lipinski definition) is 0. The van der Waals surface area contributed by atoms with Gasteiger partial charge < -0.3 is 9.64 Å². The average molecular weight is 327 g/mol. The fourth-order valence-electron chi connectivity index (χ4n) is 3.45. The highest BCUT2D eigenvalue weighted by Crippen LogP contribution is 2.25. The Hall–Kier alpha value is -2.14. The van der Waals surface area contributed by atoms with Crippen LogP contribution in [-0.2, 0) is 29.4 Å². The van der Waals surface area contributed by atoms with Gasteiger partial charge in [0.1, 0.15) is 0 Å². The third-order valence-corrected chi connectivity index (χ3v) is 4.79. The molecule has 5 heteroatoms. The number of carbonyl (C=O) groups is 1. The molecule has 2 aromatic rings. The molecule has 0 bridgehead atoms. The minimum Gasteiger partial charge on any atom is -0.379 e. The molecule has 1 aliphatic rings. The molecule has 0 spiro atoms. The van der Waals surface area contributed by atoms with Crippen molar-refractivity contribution in [3.8, 4) is 0 Å². The van der Waals surface area contributed by atoms with Gasteiger partial charge in [0.15, 0.2) is 0 Å². The molecule has 1 amide bonds. The van der Waals surface area contributed by atoms with E-state index in [-0.39, 0.29) is 18.1 Å². The predicted octanol–water partition coefficient (Wildman–Crippen LogP) is 2.13. The highest BCUT2D eigenvalue weighted by Gasteiger charge is 2.37. The van der Waals surface area contributed by atoms with Gasteiger partial charge in [0.05, 0.1) is 24.8 Å². The van der Waals surface area contributed by atoms with Gasteiger partial charge in [-0.2, -0.15) is 5.10 Å². The van der Waals surface area contributed by atoms with Crippen LogP contribution in [0.25, 0.3) is 0 Å². The molecule has 2 heterocycles. The second-order valence-corrected chi connectivity index (χ2v) is 6.61. The Kier molecular flexibility index (Phi) is 5.00. The van der Waals surface area contributed by atoms with Crippen LogP contribution in [0.3, 0.4) is 0 Å². The number of aryl methyl sites for hydroxylation is 2. The summed E-state index contributed by atoms with van der Waals surface area (Å²) in [5.41, 5.74) is 3.41. The molecular weight excluding hydrogens is 302 g/mol. The Bertz CT molecular complexity index is 693. The van der Waals surface area contributed by atoms with E-state index in [1.165, 1.54) is 5.56 Å². The van der Waals surface area contributed by atoms with Crippen molar-refractivity contribution in [1.29, 1.82) is 0 Å². The largest absolute Gasteiger partial charge is 0.379 e. The highest BCUT2D eigenvalue weighted by atomic mass is 16.5. The summed E-state index contributed by atoms with van der Waals surface area (Å²) >= 11 is 0. The predicted molar refractivity (Wildman–Crippen MR) is 92.7 cm³/mol. The molecule has 1 aromatic heterocycles. The van der Waals surface area contributed by atoms with Crippen molar-refractivity contribution in [1.82, 2.24) is 14.7 Å². The maximum atomic E-state index is 12.8. The molecule has 1 saturated heterocycles. The smallest absolute Gasteiger partial charge is 0.227 e. The van der Waals surface area contributed by atoms with Gasteiger partial charge in [0, 0.05) is 26.9 Å². The molecular formula is C19H25N3O2. The number of methoxy groups -OCH3 is 1. The molecule has 0 unspecified atom stereocenters. The van der Waals surface area contributed by atoms with Crippen molar-refractivity contribution >= 4 is 5.91 Å². The molecule has 1 aromatic carbocycles. The van der Waals surface area contributed by atoms with Crippen LogP contribution in [0.2, 0.25) is 0 Å². The zero-order valence-corrected chi connectivity index (χ0v) is 14.6. The third kappa shape index (κ3) is 3.67. The van der Waals surface area contributed by atoms with E-state index < -0.39 is 0 Å². The van der Waals surface area contributed by atoms with Gasteiger partial charge in [-0.1, -0.05) is 29.8 Å². The number of amides is 1. The van der Waals surface area contributed by atoms with Gasteiger partial charge in [-0.15, -0.1) is 0 Å². The van der Waals surface area contributed by atoms with Crippen LogP contribution in [0.15, 0.2) is 36.7 Å². The number of hydrogen-bond acceptors (Lipinski definition) is 3. The molecule has 1 aliphatic heterocycles. The first-order valence-corrected chi connectivity index (χ1v) is 8.42. The van der Waals surface area contributed by atoms with Gasteiger partial charge in [0.25, 0.3) is 0 Å². The van der Waals surface area contributed by atoms with E-state index in [0.717, 1.165) is 30.5 Å². The number of carbonyl (C=O) groups excluding carboxylic acids is 1. The molecule has 3 rings (SSSR count). The van der Waals surface area contributed by atoms with Gasteiger partial charge in [-0.3, -0.25) is 9.48 Å². The SMILES string of the molecule is CO[C@@H]1CCN(C(=O)Cc2ccc(C)cc2)[C@H]1Cc1cnn(C)c1. The van der Waals surface area contributed by atoms with Crippen LogP contribution in [0.1, 0.15) is 23.1 Å². The monoisotopic (exact) mass is 327 g/mol. The fraction of sp³-hybridized carbons (Fsp3) is 0.474. The standard InChI is InChI=1S/C19H25N3O2/c1-14-4-6-15(7-5-14)11-19(23)22-9-8-18(24-3)17(22)10-16-12-20-21(2)13-16/h4-7,12-13,17-18H,8-11H2,1-3H3/t17-,18+/m0/s1. The van der Waals surface area contributed by atoms with E-state index in [1.807, 2.05) is 36.5 Å². The summed E-state index contributed by atoms with van der Waals surface area (Å²) in [6.45, 7) is 2.81. The first-order valence-electron chi connectivity index (χ1n) is 8.42. The molecule has 0 saturated carbocycles. The van der Waals surface area contributed by atoms with Crippen molar-refractivity contribution in [2.45, 2.75) is 38.3 Å². The lowest BCUT2D eigenvalue weighted by molar-refractivity contribution is -0.132. The summed E-state index contributed by atoms with van der Waals surface area (Å²) in [6, 6.07) is 8.26. The topological polar surface area (TPSA) is 47.4 Å².